The van der Waals surface area contributed by atoms with E-state index in [2.05, 4.69) is 0 Å². The van der Waals surface area contributed by atoms with Gasteiger partial charge in [0.05, 0.1) is 0 Å². The summed E-state index contributed by atoms with van der Waals surface area (Å²) in [4.78, 5) is 0. The Kier molecular flexibility index (Phi) is 3.40. The van der Waals surface area contributed by atoms with E-state index in [9.17, 15) is 8.78 Å². The summed E-state index contributed by atoms with van der Waals surface area (Å²) >= 11 is 0. The van der Waals surface area contributed by atoms with Crippen molar-refractivity contribution >= 4 is 0 Å². The lowest BCUT2D eigenvalue weighted by Crippen LogP contribution is -2.05. The number of ether oxygens (including phenoxy) is 1. The van der Waals surface area contributed by atoms with Crippen LogP contribution in [0.3, 0.4) is 0 Å². The van der Waals surface area contributed by atoms with E-state index in [4.69, 9.17) is 10.5 Å². The quantitative estimate of drug-likeness (QED) is 0.930. The largest absolute Gasteiger partial charge is 0.489 e. The first-order valence-corrected chi connectivity index (χ1v) is 6.58. The lowest BCUT2D eigenvalue weighted by Gasteiger charge is -2.12. The molecule has 0 fully saturated rings. The van der Waals surface area contributed by atoms with Crippen LogP contribution in [-0.2, 0) is 13.0 Å². The summed E-state index contributed by atoms with van der Waals surface area (Å²) in [7, 11) is 0. The van der Waals surface area contributed by atoms with Gasteiger partial charge in [-0.1, -0.05) is 12.1 Å². The minimum atomic E-state index is -0.594. The van der Waals surface area contributed by atoms with Crippen LogP contribution < -0.4 is 10.5 Å². The van der Waals surface area contributed by atoms with Crippen LogP contribution in [0.25, 0.3) is 0 Å². The van der Waals surface area contributed by atoms with Crippen LogP contribution in [0, 0.1) is 11.6 Å². The fourth-order valence-electron chi connectivity index (χ4n) is 2.64. The van der Waals surface area contributed by atoms with Crippen molar-refractivity contribution in [3.8, 4) is 5.75 Å². The summed E-state index contributed by atoms with van der Waals surface area (Å²) in [6, 6.07) is 9.22. The number of hydrogen-bond donors (Lipinski definition) is 1. The van der Waals surface area contributed by atoms with Crippen molar-refractivity contribution < 1.29 is 13.5 Å². The van der Waals surface area contributed by atoms with Gasteiger partial charge in [-0.2, -0.15) is 0 Å². The zero-order chi connectivity index (χ0) is 14.1. The van der Waals surface area contributed by atoms with E-state index in [1.807, 2.05) is 18.2 Å². The molecule has 1 aliphatic carbocycles. The SMILES string of the molecule is NC1CCc2c(OCc3cc(F)cc(F)c3)cccc21. The Morgan fingerprint density at radius 3 is 2.65 bits per heavy atom. The number of hydrogen-bond acceptors (Lipinski definition) is 2. The average molecular weight is 275 g/mol. The summed E-state index contributed by atoms with van der Waals surface area (Å²) < 4.78 is 31.9. The Hall–Kier alpha value is -1.94. The fourth-order valence-corrected chi connectivity index (χ4v) is 2.64. The standard InChI is InChI=1S/C16H15F2NO/c17-11-6-10(7-12(18)8-11)9-20-16-3-1-2-13-14(16)4-5-15(13)19/h1-3,6-8,15H,4-5,9,19H2. The predicted molar refractivity (Wildman–Crippen MR) is 72.4 cm³/mol. The first-order valence-electron chi connectivity index (χ1n) is 6.58. The smallest absolute Gasteiger partial charge is 0.126 e. The van der Waals surface area contributed by atoms with Crippen LogP contribution >= 0.6 is 0 Å². The minimum Gasteiger partial charge on any atom is -0.489 e. The molecule has 20 heavy (non-hydrogen) atoms. The molecule has 1 aliphatic rings. The fraction of sp³-hybridized carbons (Fsp3) is 0.250. The van der Waals surface area contributed by atoms with E-state index in [-0.39, 0.29) is 12.6 Å². The van der Waals surface area contributed by atoms with E-state index >= 15 is 0 Å². The number of nitrogens with two attached hydrogens (primary N) is 1. The van der Waals surface area contributed by atoms with Crippen molar-refractivity contribution in [3.63, 3.8) is 0 Å². The number of benzene rings is 2. The molecule has 2 aromatic carbocycles. The van der Waals surface area contributed by atoms with E-state index < -0.39 is 11.6 Å². The van der Waals surface area contributed by atoms with Crippen molar-refractivity contribution in [2.24, 2.45) is 5.73 Å². The van der Waals surface area contributed by atoms with Crippen LogP contribution in [0.5, 0.6) is 5.75 Å². The average Bonchev–Trinajstić information content (AvgIpc) is 2.78. The summed E-state index contributed by atoms with van der Waals surface area (Å²) in [5, 5.41) is 0. The molecule has 0 bridgehead atoms. The first kappa shape index (κ1) is 13.1. The molecule has 0 heterocycles. The number of fused-ring (bicyclic) bond motifs is 1. The maximum absolute atomic E-state index is 13.1. The molecule has 104 valence electrons. The highest BCUT2D eigenvalue weighted by molar-refractivity contribution is 5.45. The zero-order valence-electron chi connectivity index (χ0n) is 10.9. The molecule has 0 radical (unpaired) electrons. The lowest BCUT2D eigenvalue weighted by atomic mass is 10.1. The highest BCUT2D eigenvalue weighted by Crippen LogP contribution is 2.35. The molecule has 0 saturated heterocycles. The number of rotatable bonds is 3. The van der Waals surface area contributed by atoms with Gasteiger partial charge in [-0.05, 0) is 47.7 Å². The normalized spacial score (nSPS) is 17.1. The third kappa shape index (κ3) is 2.51. The monoisotopic (exact) mass is 275 g/mol. The van der Waals surface area contributed by atoms with Crippen LogP contribution in [0.4, 0.5) is 8.78 Å². The van der Waals surface area contributed by atoms with Crippen LogP contribution in [0.15, 0.2) is 36.4 Å². The number of halogens is 2. The molecule has 0 aliphatic heterocycles. The summed E-state index contributed by atoms with van der Waals surface area (Å²) in [5.74, 6) is -0.437. The Morgan fingerprint density at radius 1 is 1.15 bits per heavy atom. The molecule has 4 heteroatoms. The second kappa shape index (κ2) is 5.21. The third-order valence-electron chi connectivity index (χ3n) is 3.59. The first-order chi connectivity index (χ1) is 9.63. The summed E-state index contributed by atoms with van der Waals surface area (Å²) in [5.41, 5.74) is 8.69. The van der Waals surface area contributed by atoms with Gasteiger partial charge in [-0.15, -0.1) is 0 Å². The maximum atomic E-state index is 13.1. The van der Waals surface area contributed by atoms with Crippen molar-refractivity contribution in [1.29, 1.82) is 0 Å². The molecule has 0 spiro atoms. The molecule has 1 unspecified atom stereocenters. The molecular weight excluding hydrogens is 260 g/mol. The summed E-state index contributed by atoms with van der Waals surface area (Å²) in [6.07, 6.45) is 1.79. The third-order valence-corrected chi connectivity index (χ3v) is 3.59. The molecular formula is C16H15F2NO. The van der Waals surface area contributed by atoms with E-state index in [0.717, 1.165) is 35.8 Å². The van der Waals surface area contributed by atoms with Crippen molar-refractivity contribution in [1.82, 2.24) is 0 Å². The molecule has 0 aromatic heterocycles. The topological polar surface area (TPSA) is 35.2 Å². The highest BCUT2D eigenvalue weighted by atomic mass is 19.1. The van der Waals surface area contributed by atoms with Crippen LogP contribution in [0.1, 0.15) is 29.2 Å². The lowest BCUT2D eigenvalue weighted by molar-refractivity contribution is 0.302. The molecule has 3 rings (SSSR count). The molecule has 2 nitrogen and oxygen atoms in total. The van der Waals surface area contributed by atoms with Gasteiger partial charge in [0.15, 0.2) is 0 Å². The zero-order valence-corrected chi connectivity index (χ0v) is 10.9. The van der Waals surface area contributed by atoms with Crippen LogP contribution in [0.2, 0.25) is 0 Å². The van der Waals surface area contributed by atoms with Gasteiger partial charge in [0, 0.05) is 12.1 Å². The summed E-state index contributed by atoms with van der Waals surface area (Å²) in [6.45, 7) is 0.139. The highest BCUT2D eigenvalue weighted by Gasteiger charge is 2.22. The maximum Gasteiger partial charge on any atom is 0.126 e. The Morgan fingerprint density at radius 2 is 1.90 bits per heavy atom. The Bertz CT molecular complexity index is 622. The van der Waals surface area contributed by atoms with Gasteiger partial charge >= 0.3 is 0 Å². The van der Waals surface area contributed by atoms with E-state index in [1.165, 1.54) is 12.1 Å². The van der Waals surface area contributed by atoms with Gasteiger partial charge in [0.2, 0.25) is 0 Å². The van der Waals surface area contributed by atoms with Gasteiger partial charge < -0.3 is 10.5 Å². The molecule has 0 saturated carbocycles. The van der Waals surface area contributed by atoms with Gasteiger partial charge in [-0.3, -0.25) is 0 Å². The van der Waals surface area contributed by atoms with Crippen molar-refractivity contribution in [2.45, 2.75) is 25.5 Å². The van der Waals surface area contributed by atoms with Gasteiger partial charge in [-0.25, -0.2) is 8.78 Å². The second-order valence-corrected chi connectivity index (χ2v) is 5.04. The van der Waals surface area contributed by atoms with Crippen molar-refractivity contribution in [3.05, 3.63) is 64.7 Å². The molecule has 2 N–H and O–H groups in total. The van der Waals surface area contributed by atoms with Crippen molar-refractivity contribution in [2.75, 3.05) is 0 Å². The molecule has 0 amide bonds. The van der Waals surface area contributed by atoms with E-state index in [1.54, 1.807) is 0 Å². The Balaban J connectivity index is 1.79. The van der Waals surface area contributed by atoms with Gasteiger partial charge in [0.25, 0.3) is 0 Å². The Labute approximate surface area is 116 Å². The van der Waals surface area contributed by atoms with E-state index in [0.29, 0.717) is 5.56 Å². The van der Waals surface area contributed by atoms with Gasteiger partial charge in [0.1, 0.15) is 24.0 Å². The molecule has 2 aromatic rings. The predicted octanol–water partition coefficient (Wildman–Crippen LogP) is 3.49. The second-order valence-electron chi connectivity index (χ2n) is 5.04. The minimum absolute atomic E-state index is 0.0557. The van der Waals surface area contributed by atoms with Crippen LogP contribution in [-0.4, -0.2) is 0 Å². The molecule has 1 atom stereocenters.